The zero-order valence-electron chi connectivity index (χ0n) is 15.6. The number of aromatic nitrogens is 2. The van der Waals surface area contributed by atoms with Crippen LogP contribution < -0.4 is 0 Å². The molecule has 4 aromatic rings. The Morgan fingerprint density at radius 2 is 1.47 bits per heavy atom. The van der Waals surface area contributed by atoms with Crippen LogP contribution in [0, 0.1) is 0 Å². The molecule has 0 saturated carbocycles. The quantitative estimate of drug-likeness (QED) is 0.320. The molecule has 1 aromatic heterocycles. The molecule has 0 saturated heterocycles. The lowest BCUT2D eigenvalue weighted by Crippen LogP contribution is -2.14. The molecule has 30 heavy (non-hydrogen) atoms. The van der Waals surface area contributed by atoms with Crippen LogP contribution in [0.5, 0.6) is 0 Å². The van der Waals surface area contributed by atoms with Crippen molar-refractivity contribution in [3.63, 3.8) is 0 Å². The third-order valence-corrected chi connectivity index (χ3v) is 4.54. The Bertz CT molecular complexity index is 1190. The van der Waals surface area contributed by atoms with Gasteiger partial charge in [-0.2, -0.15) is 0 Å². The van der Waals surface area contributed by atoms with E-state index in [1.54, 1.807) is 48.5 Å². The first kappa shape index (κ1) is 19.5. The molecule has 0 fully saturated rings. The van der Waals surface area contributed by atoms with Crippen LogP contribution >= 0.6 is 11.6 Å². The van der Waals surface area contributed by atoms with Gasteiger partial charge < -0.3 is 9.15 Å². The van der Waals surface area contributed by atoms with E-state index < -0.39 is 5.97 Å². The number of carbonyl (C=O) groups is 2. The summed E-state index contributed by atoms with van der Waals surface area (Å²) in [6.45, 7) is -0.372. The van der Waals surface area contributed by atoms with Crippen molar-refractivity contribution in [3.05, 3.63) is 95.0 Å². The number of hydrogen-bond acceptors (Lipinski definition) is 6. The Labute approximate surface area is 177 Å². The Hall–Kier alpha value is -3.77. The predicted octanol–water partition coefficient (Wildman–Crippen LogP) is 5.10. The number of carbonyl (C=O) groups excluding carboxylic acids is 2. The summed E-state index contributed by atoms with van der Waals surface area (Å²) in [5.41, 5.74) is 2.06. The second-order valence-electron chi connectivity index (χ2n) is 6.37. The average molecular weight is 419 g/mol. The van der Waals surface area contributed by atoms with Gasteiger partial charge in [0.05, 0.1) is 5.56 Å². The summed E-state index contributed by atoms with van der Waals surface area (Å²) in [5.74, 6) is -0.282. The molecule has 0 amide bonds. The Balaban J connectivity index is 1.45. The summed E-state index contributed by atoms with van der Waals surface area (Å²) < 4.78 is 10.9. The topological polar surface area (TPSA) is 82.3 Å². The zero-order valence-corrected chi connectivity index (χ0v) is 16.4. The number of benzene rings is 3. The number of ether oxygens (including phenoxy) is 1. The maximum absolute atomic E-state index is 12.4. The van der Waals surface area contributed by atoms with Crippen LogP contribution in [0.3, 0.4) is 0 Å². The van der Waals surface area contributed by atoms with E-state index in [-0.39, 0.29) is 23.8 Å². The van der Waals surface area contributed by atoms with Crippen LogP contribution in [0.4, 0.5) is 0 Å². The fraction of sp³-hybridized carbons (Fsp3) is 0.0435. The lowest BCUT2D eigenvalue weighted by atomic mass is 10.1. The standard InChI is InChI=1S/C23H15ClN2O4/c24-19-11-9-15(10-12-19)20(27)14-29-23(28)18-8-4-7-17(13-18)22-26-25-21(30-22)16-5-2-1-3-6-16/h1-13H,14H2. The van der Waals surface area contributed by atoms with Crippen molar-refractivity contribution in [2.24, 2.45) is 0 Å². The minimum absolute atomic E-state index is 0.274. The van der Waals surface area contributed by atoms with E-state index in [2.05, 4.69) is 10.2 Å². The third-order valence-electron chi connectivity index (χ3n) is 4.29. The van der Waals surface area contributed by atoms with Crippen LogP contribution in [0.25, 0.3) is 22.9 Å². The Morgan fingerprint density at radius 1 is 0.800 bits per heavy atom. The lowest BCUT2D eigenvalue weighted by Gasteiger charge is -2.05. The molecule has 6 nitrogen and oxygen atoms in total. The number of Topliss-reactive ketones (excluding diaryl/α,β-unsaturated/α-hetero) is 1. The molecule has 0 radical (unpaired) electrons. The smallest absolute Gasteiger partial charge is 0.338 e. The van der Waals surface area contributed by atoms with Gasteiger partial charge in [-0.05, 0) is 54.6 Å². The molecule has 7 heteroatoms. The largest absolute Gasteiger partial charge is 0.454 e. The summed E-state index contributed by atoms with van der Waals surface area (Å²) in [5, 5.41) is 8.63. The highest BCUT2D eigenvalue weighted by atomic mass is 35.5. The first-order valence-electron chi connectivity index (χ1n) is 9.05. The van der Waals surface area contributed by atoms with Crippen LogP contribution in [0.1, 0.15) is 20.7 Å². The summed E-state index contributed by atoms with van der Waals surface area (Å²) >= 11 is 5.81. The highest BCUT2D eigenvalue weighted by molar-refractivity contribution is 6.30. The van der Waals surface area contributed by atoms with Crippen molar-refractivity contribution >= 4 is 23.4 Å². The average Bonchev–Trinajstić information content (AvgIpc) is 3.29. The van der Waals surface area contributed by atoms with E-state index >= 15 is 0 Å². The minimum Gasteiger partial charge on any atom is -0.454 e. The van der Waals surface area contributed by atoms with E-state index in [4.69, 9.17) is 20.8 Å². The van der Waals surface area contributed by atoms with Gasteiger partial charge in [-0.3, -0.25) is 4.79 Å². The van der Waals surface area contributed by atoms with Gasteiger partial charge in [-0.25, -0.2) is 4.79 Å². The summed E-state index contributed by atoms with van der Waals surface area (Å²) in [6, 6.07) is 22.4. The molecule has 4 rings (SSSR count). The Kier molecular flexibility index (Phi) is 5.68. The van der Waals surface area contributed by atoms with Crippen molar-refractivity contribution in [3.8, 4) is 22.9 Å². The van der Waals surface area contributed by atoms with Gasteiger partial charge in [0.15, 0.2) is 12.4 Å². The number of esters is 1. The molecule has 0 spiro atoms. The Morgan fingerprint density at radius 3 is 2.20 bits per heavy atom. The molecule has 3 aromatic carbocycles. The highest BCUT2D eigenvalue weighted by Crippen LogP contribution is 2.24. The molecule has 0 N–H and O–H groups in total. The first-order chi connectivity index (χ1) is 14.6. The van der Waals surface area contributed by atoms with Crippen molar-refractivity contribution in [2.75, 3.05) is 6.61 Å². The number of nitrogens with zero attached hydrogens (tertiary/aromatic N) is 2. The molecule has 0 aliphatic heterocycles. The van der Waals surface area contributed by atoms with Crippen molar-refractivity contribution in [2.45, 2.75) is 0 Å². The molecular formula is C23H15ClN2O4. The number of hydrogen-bond donors (Lipinski definition) is 0. The van der Waals surface area contributed by atoms with Crippen molar-refractivity contribution in [1.29, 1.82) is 0 Å². The number of ketones is 1. The van der Waals surface area contributed by atoms with Crippen LogP contribution in [0.2, 0.25) is 5.02 Å². The van der Waals surface area contributed by atoms with Gasteiger partial charge in [0, 0.05) is 21.7 Å². The van der Waals surface area contributed by atoms with Crippen molar-refractivity contribution < 1.29 is 18.7 Å². The normalized spacial score (nSPS) is 10.6. The molecule has 0 atom stereocenters. The van der Waals surface area contributed by atoms with E-state index in [0.717, 1.165) is 5.56 Å². The number of halogens is 1. The summed E-state index contributed by atoms with van der Waals surface area (Å²) in [7, 11) is 0. The molecule has 0 bridgehead atoms. The minimum atomic E-state index is -0.623. The van der Waals surface area contributed by atoms with E-state index in [9.17, 15) is 9.59 Å². The van der Waals surface area contributed by atoms with E-state index in [0.29, 0.717) is 22.0 Å². The van der Waals surface area contributed by atoms with Crippen LogP contribution in [-0.2, 0) is 4.74 Å². The maximum Gasteiger partial charge on any atom is 0.338 e. The van der Waals surface area contributed by atoms with Crippen LogP contribution in [0.15, 0.2) is 83.3 Å². The van der Waals surface area contributed by atoms with Gasteiger partial charge in [0.2, 0.25) is 11.8 Å². The summed E-state index contributed by atoms with van der Waals surface area (Å²) in [4.78, 5) is 24.5. The van der Waals surface area contributed by atoms with Gasteiger partial charge in [0.25, 0.3) is 0 Å². The molecule has 0 aliphatic rings. The predicted molar refractivity (Wildman–Crippen MR) is 111 cm³/mol. The molecule has 0 aliphatic carbocycles. The van der Waals surface area contributed by atoms with Gasteiger partial charge >= 0.3 is 5.97 Å². The SMILES string of the molecule is O=C(COC(=O)c1cccc(-c2nnc(-c3ccccc3)o2)c1)c1ccc(Cl)cc1. The van der Waals surface area contributed by atoms with Gasteiger partial charge in [-0.15, -0.1) is 10.2 Å². The van der Waals surface area contributed by atoms with E-state index in [1.807, 2.05) is 30.3 Å². The molecule has 0 unspecified atom stereocenters. The number of rotatable bonds is 6. The van der Waals surface area contributed by atoms with E-state index in [1.165, 1.54) is 0 Å². The zero-order chi connectivity index (χ0) is 20.9. The maximum atomic E-state index is 12.4. The van der Waals surface area contributed by atoms with Gasteiger partial charge in [0.1, 0.15) is 0 Å². The first-order valence-corrected chi connectivity index (χ1v) is 9.43. The second-order valence-corrected chi connectivity index (χ2v) is 6.80. The second kappa shape index (κ2) is 8.71. The van der Waals surface area contributed by atoms with Crippen LogP contribution in [-0.4, -0.2) is 28.6 Å². The third kappa shape index (κ3) is 4.45. The molecule has 1 heterocycles. The highest BCUT2D eigenvalue weighted by Gasteiger charge is 2.15. The lowest BCUT2D eigenvalue weighted by molar-refractivity contribution is 0.0475. The van der Waals surface area contributed by atoms with Crippen molar-refractivity contribution in [1.82, 2.24) is 10.2 Å². The molecule has 148 valence electrons. The van der Waals surface area contributed by atoms with Gasteiger partial charge in [-0.1, -0.05) is 35.9 Å². The summed E-state index contributed by atoms with van der Waals surface area (Å²) in [6.07, 6.45) is 0. The fourth-order valence-electron chi connectivity index (χ4n) is 2.75. The molecular weight excluding hydrogens is 404 g/mol. The monoisotopic (exact) mass is 418 g/mol. The fourth-order valence-corrected chi connectivity index (χ4v) is 2.88.